The number of rotatable bonds is 4. The summed E-state index contributed by atoms with van der Waals surface area (Å²) >= 11 is 0. The van der Waals surface area contributed by atoms with Crippen LogP contribution in [0.5, 0.6) is 5.75 Å². The third-order valence-electron chi connectivity index (χ3n) is 3.26. The highest BCUT2D eigenvalue weighted by molar-refractivity contribution is 8.13. The summed E-state index contributed by atoms with van der Waals surface area (Å²) in [5.41, 5.74) is 0.864. The first-order chi connectivity index (χ1) is 9.84. The molecule has 1 heterocycles. The number of anilines is 1. The molecular weight excluding hydrogens is 316 g/mol. The molecule has 0 aliphatic carbocycles. The lowest BCUT2D eigenvalue weighted by Gasteiger charge is -2.17. The van der Waals surface area contributed by atoms with E-state index in [-0.39, 0.29) is 30.5 Å². The van der Waals surface area contributed by atoms with Gasteiger partial charge in [0.05, 0.1) is 18.4 Å². The Morgan fingerprint density at radius 2 is 2.24 bits per heavy atom. The molecule has 1 aliphatic rings. The first-order valence-corrected chi connectivity index (χ1v) is 8.62. The van der Waals surface area contributed by atoms with Crippen LogP contribution in [0.3, 0.4) is 0 Å². The molecule has 112 valence electrons. The molecule has 0 radical (unpaired) electrons. The van der Waals surface area contributed by atoms with Crippen LogP contribution in [-0.2, 0) is 13.8 Å². The predicted octanol–water partition coefficient (Wildman–Crippen LogP) is 1.49. The van der Waals surface area contributed by atoms with Crippen molar-refractivity contribution in [3.8, 4) is 11.8 Å². The van der Waals surface area contributed by atoms with Gasteiger partial charge in [0.2, 0.25) is 15.0 Å². The summed E-state index contributed by atoms with van der Waals surface area (Å²) in [6.45, 7) is 0.266. The van der Waals surface area contributed by atoms with Crippen molar-refractivity contribution in [2.45, 2.75) is 6.42 Å². The van der Waals surface area contributed by atoms with E-state index in [1.54, 1.807) is 18.2 Å². The van der Waals surface area contributed by atoms with E-state index < -0.39 is 9.05 Å². The van der Waals surface area contributed by atoms with Crippen LogP contribution in [0.15, 0.2) is 18.2 Å². The van der Waals surface area contributed by atoms with E-state index in [9.17, 15) is 13.2 Å². The smallest absolute Gasteiger partial charge is 0.232 e. The zero-order valence-corrected chi connectivity index (χ0v) is 12.8. The molecule has 21 heavy (non-hydrogen) atoms. The number of carbonyl (C=O) groups excluding carboxylic acids is 1. The number of ether oxygens (including phenoxy) is 1. The maximum Gasteiger partial charge on any atom is 0.232 e. The standard InChI is InChI=1S/C13H13ClN2O4S/c1-20-12-3-2-11(5-10(12)6-15)16-7-9(4-13(16)17)8-21(14,18)19/h2-3,5,9H,4,7-8H2,1H3. The average molecular weight is 329 g/mol. The fraction of sp³-hybridized carbons (Fsp3) is 0.385. The molecule has 1 aromatic rings. The van der Waals surface area contributed by atoms with Crippen LogP contribution in [0, 0.1) is 17.2 Å². The lowest BCUT2D eigenvalue weighted by atomic mass is 10.1. The molecule has 6 nitrogen and oxygen atoms in total. The second-order valence-electron chi connectivity index (χ2n) is 4.78. The molecule has 1 fully saturated rings. The normalized spacial score (nSPS) is 18.6. The summed E-state index contributed by atoms with van der Waals surface area (Å²) in [6, 6.07) is 6.81. The van der Waals surface area contributed by atoms with Gasteiger partial charge in [-0.05, 0) is 18.2 Å². The monoisotopic (exact) mass is 328 g/mol. The van der Waals surface area contributed by atoms with E-state index in [0.29, 0.717) is 17.0 Å². The quantitative estimate of drug-likeness (QED) is 0.781. The summed E-state index contributed by atoms with van der Waals surface area (Å²) in [7, 11) is 3.04. The molecule has 0 bridgehead atoms. The van der Waals surface area contributed by atoms with Crippen LogP contribution in [0.2, 0.25) is 0 Å². The van der Waals surface area contributed by atoms with E-state index in [2.05, 4.69) is 0 Å². The minimum absolute atomic E-state index is 0.125. The van der Waals surface area contributed by atoms with Crippen LogP contribution < -0.4 is 9.64 Å². The summed E-state index contributed by atoms with van der Waals surface area (Å²) in [4.78, 5) is 13.5. The maximum atomic E-state index is 12.0. The molecular formula is C13H13ClN2O4S. The third kappa shape index (κ3) is 3.65. The predicted molar refractivity (Wildman–Crippen MR) is 77.8 cm³/mol. The number of benzene rings is 1. The van der Waals surface area contributed by atoms with Gasteiger partial charge < -0.3 is 9.64 Å². The number of hydrogen-bond donors (Lipinski definition) is 0. The van der Waals surface area contributed by atoms with Gasteiger partial charge in [-0.3, -0.25) is 4.79 Å². The number of carbonyl (C=O) groups is 1. The second-order valence-corrected chi connectivity index (χ2v) is 7.60. The van der Waals surface area contributed by atoms with E-state index in [1.165, 1.54) is 12.0 Å². The minimum Gasteiger partial charge on any atom is -0.495 e. The summed E-state index contributed by atoms with van der Waals surface area (Å²) < 4.78 is 27.2. The van der Waals surface area contributed by atoms with Gasteiger partial charge in [-0.1, -0.05) is 0 Å². The Morgan fingerprint density at radius 3 is 2.81 bits per heavy atom. The van der Waals surface area contributed by atoms with Crippen LogP contribution in [0.1, 0.15) is 12.0 Å². The van der Waals surface area contributed by atoms with E-state index in [4.69, 9.17) is 20.7 Å². The van der Waals surface area contributed by atoms with Gasteiger partial charge in [-0.15, -0.1) is 0 Å². The summed E-state index contributed by atoms with van der Waals surface area (Å²) in [5.74, 6) is -0.340. The highest BCUT2D eigenvalue weighted by atomic mass is 35.7. The van der Waals surface area contributed by atoms with Gasteiger partial charge in [0.25, 0.3) is 0 Å². The zero-order valence-electron chi connectivity index (χ0n) is 11.2. The SMILES string of the molecule is COc1ccc(N2CC(CS(=O)(=O)Cl)CC2=O)cc1C#N. The molecule has 1 saturated heterocycles. The van der Waals surface area contributed by atoms with Crippen LogP contribution in [0.4, 0.5) is 5.69 Å². The van der Waals surface area contributed by atoms with Crippen molar-refractivity contribution in [3.63, 3.8) is 0 Å². The fourth-order valence-electron chi connectivity index (χ4n) is 2.38. The Kier molecular flexibility index (Phi) is 4.40. The minimum atomic E-state index is -3.64. The first-order valence-electron chi connectivity index (χ1n) is 6.15. The van der Waals surface area contributed by atoms with Crippen molar-refractivity contribution in [2.75, 3.05) is 24.3 Å². The van der Waals surface area contributed by atoms with Gasteiger partial charge in [-0.2, -0.15) is 5.26 Å². The van der Waals surface area contributed by atoms with Gasteiger partial charge >= 0.3 is 0 Å². The molecule has 1 aliphatic heterocycles. The number of methoxy groups -OCH3 is 1. The lowest BCUT2D eigenvalue weighted by Crippen LogP contribution is -2.25. The Bertz CT molecular complexity index is 711. The van der Waals surface area contributed by atoms with Crippen molar-refractivity contribution >= 4 is 31.3 Å². The maximum absolute atomic E-state index is 12.0. The molecule has 1 aromatic carbocycles. The molecule has 8 heteroatoms. The fourth-order valence-corrected chi connectivity index (χ4v) is 3.70. The Hall–Kier alpha value is -1.78. The highest BCUT2D eigenvalue weighted by Crippen LogP contribution is 2.30. The van der Waals surface area contributed by atoms with Crippen LogP contribution in [0.25, 0.3) is 0 Å². The van der Waals surface area contributed by atoms with Crippen molar-refractivity contribution in [3.05, 3.63) is 23.8 Å². The third-order valence-corrected chi connectivity index (χ3v) is 4.50. The topological polar surface area (TPSA) is 87.5 Å². The van der Waals surface area contributed by atoms with Crippen molar-refractivity contribution in [1.82, 2.24) is 0 Å². The zero-order chi connectivity index (χ0) is 15.6. The molecule has 1 atom stereocenters. The van der Waals surface area contributed by atoms with E-state index in [1.807, 2.05) is 6.07 Å². The number of halogens is 1. The number of nitriles is 1. The van der Waals surface area contributed by atoms with Gasteiger partial charge in [0, 0.05) is 35.3 Å². The molecule has 1 amide bonds. The van der Waals surface area contributed by atoms with E-state index >= 15 is 0 Å². The van der Waals surface area contributed by atoms with Gasteiger partial charge in [0.1, 0.15) is 11.8 Å². The number of nitrogens with zero attached hydrogens (tertiary/aromatic N) is 2. The van der Waals surface area contributed by atoms with Crippen molar-refractivity contribution in [2.24, 2.45) is 5.92 Å². The molecule has 2 rings (SSSR count). The molecule has 1 unspecified atom stereocenters. The lowest BCUT2D eigenvalue weighted by molar-refractivity contribution is -0.117. The van der Waals surface area contributed by atoms with E-state index in [0.717, 1.165) is 0 Å². The number of amides is 1. The molecule has 0 saturated carbocycles. The average Bonchev–Trinajstić information content (AvgIpc) is 2.76. The van der Waals surface area contributed by atoms with Crippen LogP contribution >= 0.6 is 10.7 Å². The first kappa shape index (κ1) is 15.6. The summed E-state index contributed by atoms with van der Waals surface area (Å²) in [5, 5.41) is 9.06. The highest BCUT2D eigenvalue weighted by Gasteiger charge is 2.33. The van der Waals surface area contributed by atoms with Crippen molar-refractivity contribution in [1.29, 1.82) is 5.26 Å². The Balaban J connectivity index is 2.23. The van der Waals surface area contributed by atoms with Gasteiger partial charge in [-0.25, -0.2) is 8.42 Å². The van der Waals surface area contributed by atoms with Crippen molar-refractivity contribution < 1.29 is 17.9 Å². The molecule has 0 N–H and O–H groups in total. The Morgan fingerprint density at radius 1 is 1.52 bits per heavy atom. The second kappa shape index (κ2) is 5.92. The molecule has 0 aromatic heterocycles. The van der Waals surface area contributed by atoms with Crippen LogP contribution in [-0.4, -0.2) is 33.7 Å². The van der Waals surface area contributed by atoms with Gasteiger partial charge in [0.15, 0.2) is 0 Å². The molecule has 0 spiro atoms. The number of hydrogen-bond acceptors (Lipinski definition) is 5. The largest absolute Gasteiger partial charge is 0.495 e. The summed E-state index contributed by atoms with van der Waals surface area (Å²) in [6.07, 6.45) is 0.125. The Labute approximate surface area is 127 Å².